The number of carbonyl (C=O) groups excluding carboxylic acids is 4. The first-order valence-corrected chi connectivity index (χ1v) is 22.2. The Bertz CT molecular complexity index is 2460. The zero-order valence-electron chi connectivity index (χ0n) is 39.0. The fraction of sp³-hybridized carbons (Fsp3) is 0.500. The number of methoxy groups -OCH3 is 3. The number of rotatable bonds is 18. The quantitative estimate of drug-likeness (QED) is 0.0666. The predicted octanol–water partition coefficient (Wildman–Crippen LogP) is 8.29. The zero-order chi connectivity index (χ0) is 46.4. The molecule has 1 aliphatic rings. The number of nitrogens with zero attached hydrogens (tertiary/aromatic N) is 4. The highest BCUT2D eigenvalue weighted by atomic mass is 16.5. The zero-order valence-corrected chi connectivity index (χ0v) is 39.0. The molecule has 3 heterocycles. The van der Waals surface area contributed by atoms with Crippen LogP contribution >= 0.6 is 0 Å². The van der Waals surface area contributed by atoms with Gasteiger partial charge in [0, 0.05) is 37.2 Å². The fourth-order valence-corrected chi connectivity index (χ4v) is 8.53. The Morgan fingerprint density at radius 3 is 2.27 bits per heavy atom. The summed E-state index contributed by atoms with van der Waals surface area (Å²) in [7, 11) is 4.22. The van der Waals surface area contributed by atoms with Crippen molar-refractivity contribution in [1.29, 1.82) is 0 Å². The highest BCUT2D eigenvalue weighted by molar-refractivity contribution is 6.07. The molecule has 64 heavy (non-hydrogen) atoms. The lowest BCUT2D eigenvalue weighted by Crippen LogP contribution is -2.53. The molecule has 1 unspecified atom stereocenters. The lowest BCUT2D eigenvalue weighted by atomic mass is 9.92. The lowest BCUT2D eigenvalue weighted by molar-refractivity contribution is -0.140. The molecule has 0 saturated heterocycles. The number of nitrogens with one attached hydrogen (secondary N) is 4. The summed E-state index contributed by atoms with van der Waals surface area (Å²) in [5, 5.41) is 7.38. The van der Waals surface area contributed by atoms with Crippen molar-refractivity contribution in [2.24, 2.45) is 17.8 Å². The summed E-state index contributed by atoms with van der Waals surface area (Å²) in [6.07, 6.45) is 1.86. The smallest absolute Gasteiger partial charge is 0.407 e. The van der Waals surface area contributed by atoms with Gasteiger partial charge in [-0.1, -0.05) is 52.8 Å². The van der Waals surface area contributed by atoms with Crippen LogP contribution in [0.15, 0.2) is 48.7 Å². The summed E-state index contributed by atoms with van der Waals surface area (Å²) < 4.78 is 21.4. The number of benzene rings is 3. The molecule has 6 atom stereocenters. The second-order valence-electron chi connectivity index (χ2n) is 17.2. The summed E-state index contributed by atoms with van der Waals surface area (Å²) in [5.74, 6) is 1.18. The van der Waals surface area contributed by atoms with Crippen LogP contribution in [0.3, 0.4) is 0 Å². The molecule has 16 nitrogen and oxygen atoms in total. The van der Waals surface area contributed by atoms with E-state index in [1.807, 2.05) is 59.4 Å². The van der Waals surface area contributed by atoms with Gasteiger partial charge in [0.25, 0.3) is 0 Å². The van der Waals surface area contributed by atoms with Gasteiger partial charge in [0.05, 0.1) is 61.8 Å². The molecule has 1 aliphatic heterocycles. The SMILES string of the molecule is CCC(C)N(C(=O)[C@H](CC)CNC(=O)OC)[C@@H](C)c1nc2ccc3cc4c(cc3c2[nH]1)OCc1cc(-c2cnc([C@H](C)N(C[C@H](C)COC)C(=O)[C@@H](NC(=O)OC)C(C)C)[nH]2)ccc1-4. The van der Waals surface area contributed by atoms with Crippen molar-refractivity contribution in [3.63, 3.8) is 0 Å². The number of aromatic amines is 2. The number of hydrogen-bond donors (Lipinski definition) is 4. The van der Waals surface area contributed by atoms with Crippen LogP contribution in [0.1, 0.15) is 97.5 Å². The van der Waals surface area contributed by atoms with Crippen molar-refractivity contribution >= 4 is 45.8 Å². The van der Waals surface area contributed by atoms with E-state index >= 15 is 0 Å². The van der Waals surface area contributed by atoms with E-state index in [4.69, 9.17) is 28.9 Å². The van der Waals surface area contributed by atoms with Crippen LogP contribution in [0, 0.1) is 17.8 Å². The number of carbonyl (C=O) groups is 4. The van der Waals surface area contributed by atoms with Crippen LogP contribution in [0.2, 0.25) is 0 Å². The Kier molecular flexibility index (Phi) is 15.2. The summed E-state index contributed by atoms with van der Waals surface area (Å²) in [4.78, 5) is 72.5. The molecule has 0 saturated carbocycles. The summed E-state index contributed by atoms with van der Waals surface area (Å²) in [6.45, 7) is 17.1. The largest absolute Gasteiger partial charge is 0.488 e. The molecule has 5 aromatic rings. The van der Waals surface area contributed by atoms with Crippen LogP contribution < -0.4 is 15.4 Å². The minimum absolute atomic E-state index is 0.0237. The van der Waals surface area contributed by atoms with Crippen LogP contribution in [-0.2, 0) is 30.4 Å². The van der Waals surface area contributed by atoms with Crippen molar-refractivity contribution in [2.75, 3.05) is 41.0 Å². The van der Waals surface area contributed by atoms with Gasteiger partial charge in [0.15, 0.2) is 0 Å². The Balaban J connectivity index is 1.26. The maximum atomic E-state index is 14.1. The predicted molar refractivity (Wildman–Crippen MR) is 245 cm³/mol. The van der Waals surface area contributed by atoms with Crippen molar-refractivity contribution in [3.05, 3.63) is 65.9 Å². The standard InChI is InChI=1S/C48H64N8O8/c1-12-28(6)56(45(57)31(13-2)21-50-47(59)62-10)30(8)44-51-38-17-15-32-19-37-35-16-14-33(18-34(35)25-64-40(37)20-36(32)42(38)53-44)39-22-49-43(52-39)29(7)55(23-27(5)24-61-9)46(58)41(26(3)4)54-48(60)63-11/h14-20,22,26-31,41H,12-13,21,23-25H2,1-11H3,(H,49,52)(H,50,59)(H,51,53)(H,54,60)/t27-,28?,29-,30-,31+,41-/m0/s1. The summed E-state index contributed by atoms with van der Waals surface area (Å²) in [6, 6.07) is 12.9. The number of ether oxygens (including phenoxy) is 4. The third kappa shape index (κ3) is 9.96. The van der Waals surface area contributed by atoms with Gasteiger partial charge >= 0.3 is 12.2 Å². The van der Waals surface area contributed by atoms with Gasteiger partial charge in [0.1, 0.15) is 30.0 Å². The average molecular weight is 881 g/mol. The van der Waals surface area contributed by atoms with E-state index in [1.54, 1.807) is 18.2 Å². The molecule has 0 fully saturated rings. The third-order valence-electron chi connectivity index (χ3n) is 12.4. The molecule has 0 aliphatic carbocycles. The molecule has 3 aromatic carbocycles. The number of alkyl carbamates (subject to hydrolysis) is 2. The number of imidazole rings is 2. The highest BCUT2D eigenvalue weighted by Gasteiger charge is 2.35. The van der Waals surface area contributed by atoms with Crippen LogP contribution in [-0.4, -0.2) is 107 Å². The Morgan fingerprint density at radius 1 is 0.844 bits per heavy atom. The van der Waals surface area contributed by atoms with E-state index < -0.39 is 30.2 Å². The van der Waals surface area contributed by atoms with Gasteiger partial charge in [-0.15, -0.1) is 0 Å². The molecule has 4 N–H and O–H groups in total. The fourth-order valence-electron chi connectivity index (χ4n) is 8.53. The summed E-state index contributed by atoms with van der Waals surface area (Å²) in [5.41, 5.74) is 6.43. The normalized spacial score (nSPS) is 14.9. The summed E-state index contributed by atoms with van der Waals surface area (Å²) >= 11 is 0. The van der Waals surface area contributed by atoms with Crippen LogP contribution in [0.5, 0.6) is 5.75 Å². The van der Waals surface area contributed by atoms with Crippen molar-refractivity contribution in [2.45, 2.75) is 99.0 Å². The van der Waals surface area contributed by atoms with Gasteiger partial charge in [-0.05, 0) is 91.8 Å². The highest BCUT2D eigenvalue weighted by Crippen LogP contribution is 2.43. The Hall–Kier alpha value is -6.16. The first-order valence-electron chi connectivity index (χ1n) is 22.2. The van der Waals surface area contributed by atoms with Gasteiger partial charge in [-0.3, -0.25) is 9.59 Å². The van der Waals surface area contributed by atoms with Crippen molar-refractivity contribution < 1.29 is 38.1 Å². The van der Waals surface area contributed by atoms with E-state index in [0.717, 1.165) is 61.9 Å². The second-order valence-corrected chi connectivity index (χ2v) is 17.2. The third-order valence-corrected chi connectivity index (χ3v) is 12.4. The first kappa shape index (κ1) is 47.3. The van der Waals surface area contributed by atoms with Gasteiger partial charge in [0.2, 0.25) is 11.8 Å². The molecule has 0 bridgehead atoms. The van der Waals surface area contributed by atoms with Crippen molar-refractivity contribution in [1.82, 2.24) is 40.4 Å². The molecule has 344 valence electrons. The maximum Gasteiger partial charge on any atom is 0.407 e. The molecule has 16 heteroatoms. The van der Waals surface area contributed by atoms with Crippen LogP contribution in [0.25, 0.3) is 44.2 Å². The molecule has 4 amide bonds. The number of aromatic nitrogens is 4. The Morgan fingerprint density at radius 2 is 1.59 bits per heavy atom. The number of amides is 4. The van der Waals surface area contributed by atoms with Gasteiger partial charge in [-0.2, -0.15) is 0 Å². The van der Waals surface area contributed by atoms with E-state index in [0.29, 0.717) is 37.8 Å². The van der Waals surface area contributed by atoms with E-state index in [2.05, 4.69) is 63.9 Å². The minimum atomic E-state index is -0.794. The number of H-pyrrole nitrogens is 2. The maximum absolute atomic E-state index is 14.1. The molecule has 0 spiro atoms. The van der Waals surface area contributed by atoms with Gasteiger partial charge in [-0.25, -0.2) is 19.6 Å². The number of fused-ring (bicyclic) bond motifs is 6. The monoisotopic (exact) mass is 880 g/mol. The van der Waals surface area contributed by atoms with E-state index in [9.17, 15) is 19.2 Å². The second kappa shape index (κ2) is 20.6. The van der Waals surface area contributed by atoms with E-state index in [1.165, 1.54) is 14.2 Å². The topological polar surface area (TPSA) is 193 Å². The average Bonchev–Trinajstić information content (AvgIpc) is 3.98. The number of hydrogen-bond acceptors (Lipinski definition) is 10. The molecular weight excluding hydrogens is 817 g/mol. The molecule has 2 aromatic heterocycles. The first-order chi connectivity index (χ1) is 30.6. The molecular formula is C48H64N8O8. The van der Waals surface area contributed by atoms with Crippen LogP contribution in [0.4, 0.5) is 9.59 Å². The Labute approximate surface area is 375 Å². The molecule has 0 radical (unpaired) electrons. The van der Waals surface area contributed by atoms with Gasteiger partial charge < -0.3 is 49.3 Å². The minimum Gasteiger partial charge on any atom is -0.488 e. The lowest BCUT2D eigenvalue weighted by Gasteiger charge is -2.36. The molecule has 6 rings (SSSR count). The van der Waals surface area contributed by atoms with Crippen molar-refractivity contribution in [3.8, 4) is 28.1 Å². The van der Waals surface area contributed by atoms with E-state index in [-0.39, 0.29) is 42.3 Å².